The van der Waals surface area contributed by atoms with Gasteiger partial charge in [-0.2, -0.15) is 0 Å². The fourth-order valence-electron chi connectivity index (χ4n) is 4.23. The Bertz CT molecular complexity index is 1960. The number of aliphatic hydroxyl groups excluding tert-OH is 1. The summed E-state index contributed by atoms with van der Waals surface area (Å²) in [4.78, 5) is 41.5. The van der Waals surface area contributed by atoms with E-state index in [1.165, 1.54) is 0 Å². The Balaban J connectivity index is 0.000000213. The smallest absolute Gasteiger partial charge is 0.185 e. The van der Waals surface area contributed by atoms with Crippen molar-refractivity contribution in [2.24, 2.45) is 0 Å². The van der Waals surface area contributed by atoms with E-state index in [2.05, 4.69) is 41.8 Å². The summed E-state index contributed by atoms with van der Waals surface area (Å²) in [5.74, 6) is 0.0870. The number of halogens is 2. The summed E-state index contributed by atoms with van der Waals surface area (Å²) in [6, 6.07) is 38.0. The molecule has 0 unspecified atom stereocenters. The van der Waals surface area contributed by atoms with Crippen LogP contribution in [0.1, 0.15) is 50.5 Å². The number of nitrogens with zero attached hydrogens (tertiary/aromatic N) is 2. The van der Waals surface area contributed by atoms with Gasteiger partial charge >= 0.3 is 0 Å². The van der Waals surface area contributed by atoms with E-state index in [-0.39, 0.29) is 18.2 Å². The molecule has 0 aliphatic carbocycles. The fourth-order valence-corrected chi connectivity index (χ4v) is 5.02. The average Bonchev–Trinajstić information content (AvgIpc) is 3.16. The monoisotopic (exact) mass is 790 g/mol. The normalized spacial score (nSPS) is 9.94. The maximum Gasteiger partial charge on any atom is 0.185 e. The lowest BCUT2D eigenvalue weighted by atomic mass is 10.0. The van der Waals surface area contributed by atoms with Crippen molar-refractivity contribution in [3.05, 3.63) is 183 Å². The van der Waals surface area contributed by atoms with Crippen molar-refractivity contribution in [2.45, 2.75) is 13.8 Å². The summed E-state index contributed by atoms with van der Waals surface area (Å²) in [6.45, 7) is 3.49. The second-order valence-corrected chi connectivity index (χ2v) is 12.3. The molecule has 2 aromatic heterocycles. The Hall–Kier alpha value is -5.15. The Morgan fingerprint density at radius 2 is 1.10 bits per heavy atom. The van der Waals surface area contributed by atoms with Gasteiger partial charge in [0, 0.05) is 57.0 Å². The maximum absolute atomic E-state index is 12.1. The van der Waals surface area contributed by atoms with Crippen molar-refractivity contribution >= 4 is 55.8 Å². The molecule has 0 bridgehead atoms. The minimum Gasteiger partial charge on any atom is -0.397 e. The van der Waals surface area contributed by atoms with E-state index < -0.39 is 0 Å². The van der Waals surface area contributed by atoms with E-state index in [9.17, 15) is 14.4 Å². The molecule has 2 heterocycles. The summed E-state index contributed by atoms with van der Waals surface area (Å²) in [5.41, 5.74) is 7.41. The van der Waals surface area contributed by atoms with Crippen LogP contribution in [0.15, 0.2) is 161 Å². The number of benzene rings is 4. The van der Waals surface area contributed by atoms with Crippen LogP contribution in [0.5, 0.6) is 0 Å². The lowest BCUT2D eigenvalue weighted by Gasteiger charge is -2.01. The Kier molecular flexibility index (Phi) is 17.1. The molecule has 0 saturated carbocycles. The molecule has 0 aliphatic rings. The topological polar surface area (TPSA) is 97.2 Å². The summed E-state index contributed by atoms with van der Waals surface area (Å²) < 4.78 is 1.85. The first-order valence-corrected chi connectivity index (χ1v) is 17.1. The first kappa shape index (κ1) is 39.3. The minimum absolute atomic E-state index is 0.0114. The van der Waals surface area contributed by atoms with Crippen LogP contribution < -0.4 is 0 Å². The number of allylic oxidation sites excluding steroid dienone is 1. The van der Waals surface area contributed by atoms with Crippen LogP contribution in [0.4, 0.5) is 0 Å². The van der Waals surface area contributed by atoms with E-state index >= 15 is 0 Å². The van der Waals surface area contributed by atoms with Crippen molar-refractivity contribution < 1.29 is 19.5 Å². The molecular formula is C42H36Br2N2O4. The predicted octanol–water partition coefficient (Wildman–Crippen LogP) is 10.6. The number of carbonyl (C=O) groups is 3. The highest BCUT2D eigenvalue weighted by atomic mass is 79.9. The Morgan fingerprint density at radius 1 is 0.640 bits per heavy atom. The number of aldehydes is 1. The molecule has 0 aliphatic heterocycles. The van der Waals surface area contributed by atoms with Gasteiger partial charge in [0.05, 0.1) is 0 Å². The molecule has 0 atom stereocenters. The Labute approximate surface area is 309 Å². The zero-order valence-electron chi connectivity index (χ0n) is 27.6. The number of Topliss-reactive ketones (excluding diaryl/α,β-unsaturated/α-hetero) is 1. The molecule has 6 rings (SSSR count). The van der Waals surface area contributed by atoms with E-state index in [0.29, 0.717) is 11.1 Å². The zero-order valence-corrected chi connectivity index (χ0v) is 30.8. The number of aromatic nitrogens is 2. The molecule has 0 saturated heterocycles. The van der Waals surface area contributed by atoms with Crippen LogP contribution >= 0.6 is 31.9 Å². The first-order chi connectivity index (χ1) is 24.2. The van der Waals surface area contributed by atoms with Crippen LogP contribution in [0.2, 0.25) is 0 Å². The van der Waals surface area contributed by atoms with Gasteiger partial charge in [0.25, 0.3) is 0 Å². The van der Waals surface area contributed by atoms with Gasteiger partial charge in [-0.15, -0.1) is 0 Å². The third kappa shape index (κ3) is 13.8. The number of hydrogen-bond donors (Lipinski definition) is 1. The molecule has 0 fully saturated rings. The highest BCUT2D eigenvalue weighted by Gasteiger charge is 2.02. The zero-order chi connectivity index (χ0) is 36.1. The van der Waals surface area contributed by atoms with Crippen molar-refractivity contribution in [3.63, 3.8) is 0 Å². The number of ketones is 2. The van der Waals surface area contributed by atoms with E-state index in [4.69, 9.17) is 5.11 Å². The van der Waals surface area contributed by atoms with E-state index in [1.54, 1.807) is 56.7 Å². The van der Waals surface area contributed by atoms with Crippen LogP contribution in [0, 0.1) is 0 Å². The summed E-state index contributed by atoms with van der Waals surface area (Å²) in [6.07, 6.45) is 11.4. The standard InChI is InChI=1S/C20H14BrNO.C12H9NO.C8H7BrO.C2H6O/c21-19-5-1-3-17(13-19)20(23)11-8-15-6-9-16(10-7-15)18-4-2-12-22-14-18;14-9-10-3-5-11(6-4-10)12-2-1-7-13-8-12;1-6(10)7-3-2-4-8(9)5-7;1-2-3/h1-14H;1-9H;2-5H,1H3;3H,2H2,1H3/b11-8+;;;. The third-order valence-electron chi connectivity index (χ3n) is 6.71. The number of carbonyl (C=O) groups excluding carboxylic acids is 3. The van der Waals surface area contributed by atoms with Crippen molar-refractivity contribution in [1.82, 2.24) is 9.97 Å². The summed E-state index contributed by atoms with van der Waals surface area (Å²) in [7, 11) is 0. The number of aliphatic hydroxyl groups is 1. The summed E-state index contributed by atoms with van der Waals surface area (Å²) >= 11 is 6.65. The van der Waals surface area contributed by atoms with E-state index in [0.717, 1.165) is 48.6 Å². The first-order valence-electron chi connectivity index (χ1n) is 15.6. The van der Waals surface area contributed by atoms with Crippen molar-refractivity contribution in [3.8, 4) is 22.3 Å². The minimum atomic E-state index is -0.0114. The van der Waals surface area contributed by atoms with Gasteiger partial charge in [-0.25, -0.2) is 0 Å². The maximum atomic E-state index is 12.1. The molecule has 1 N–H and O–H groups in total. The fraction of sp³-hybridized carbons (Fsp3) is 0.0714. The molecule has 252 valence electrons. The molecule has 6 aromatic rings. The molecular weight excluding hydrogens is 756 g/mol. The van der Waals surface area contributed by atoms with Gasteiger partial charge in [-0.3, -0.25) is 24.4 Å². The van der Waals surface area contributed by atoms with Crippen molar-refractivity contribution in [1.29, 1.82) is 0 Å². The van der Waals surface area contributed by atoms with E-state index in [1.807, 2.05) is 115 Å². The van der Waals surface area contributed by atoms with Crippen LogP contribution in [-0.2, 0) is 0 Å². The summed E-state index contributed by atoms with van der Waals surface area (Å²) in [5, 5.41) is 7.57. The van der Waals surface area contributed by atoms with Gasteiger partial charge in [-0.1, -0.05) is 123 Å². The van der Waals surface area contributed by atoms with Gasteiger partial charge in [0.2, 0.25) is 0 Å². The molecule has 0 radical (unpaired) electrons. The van der Waals surface area contributed by atoms with Gasteiger partial charge in [0.15, 0.2) is 11.6 Å². The average molecular weight is 793 g/mol. The predicted molar refractivity (Wildman–Crippen MR) is 209 cm³/mol. The molecule has 4 aromatic carbocycles. The third-order valence-corrected chi connectivity index (χ3v) is 7.70. The lowest BCUT2D eigenvalue weighted by molar-refractivity contribution is 0.101. The SMILES string of the molecule is CC(=O)c1cccc(Br)c1.CCO.O=C(/C=C/c1ccc(-c2cccnc2)cc1)c1cccc(Br)c1.O=Cc1ccc(-c2cccnc2)cc1. The number of hydrogen-bond acceptors (Lipinski definition) is 6. The molecule has 6 nitrogen and oxygen atoms in total. The van der Waals surface area contributed by atoms with Gasteiger partial charge < -0.3 is 5.11 Å². The second-order valence-electron chi connectivity index (χ2n) is 10.4. The molecule has 0 spiro atoms. The molecule has 8 heteroatoms. The molecule has 0 amide bonds. The van der Waals surface area contributed by atoms with Gasteiger partial charge in [-0.05, 0) is 84.1 Å². The Morgan fingerprint density at radius 3 is 1.50 bits per heavy atom. The highest BCUT2D eigenvalue weighted by molar-refractivity contribution is 9.10. The second kappa shape index (κ2) is 21.7. The van der Waals surface area contributed by atoms with Gasteiger partial charge in [0.1, 0.15) is 6.29 Å². The van der Waals surface area contributed by atoms with Crippen LogP contribution in [0.25, 0.3) is 28.3 Å². The van der Waals surface area contributed by atoms with Crippen LogP contribution in [0.3, 0.4) is 0 Å². The van der Waals surface area contributed by atoms with Crippen molar-refractivity contribution in [2.75, 3.05) is 6.61 Å². The largest absolute Gasteiger partial charge is 0.397 e. The lowest BCUT2D eigenvalue weighted by Crippen LogP contribution is -1.93. The number of rotatable bonds is 7. The quantitative estimate of drug-likeness (QED) is 0.0982. The number of pyridine rings is 2. The van der Waals surface area contributed by atoms with Crippen LogP contribution in [-0.4, -0.2) is 39.5 Å². The molecule has 50 heavy (non-hydrogen) atoms. The highest BCUT2D eigenvalue weighted by Crippen LogP contribution is 2.20.